The number of hydrogen-bond acceptors (Lipinski definition) is 3. The van der Waals surface area contributed by atoms with E-state index in [1.807, 2.05) is 58.0 Å². The van der Waals surface area contributed by atoms with Crippen LogP contribution in [0.3, 0.4) is 0 Å². The molecule has 2 aromatic rings. The summed E-state index contributed by atoms with van der Waals surface area (Å²) in [5, 5.41) is 2.92. The van der Waals surface area contributed by atoms with Crippen LogP contribution in [-0.2, 0) is 4.79 Å². The summed E-state index contributed by atoms with van der Waals surface area (Å²) >= 11 is 0. The zero-order valence-corrected chi connectivity index (χ0v) is 12.3. The third-order valence-corrected chi connectivity index (χ3v) is 2.87. The van der Waals surface area contributed by atoms with Crippen LogP contribution in [0.15, 0.2) is 36.5 Å². The van der Waals surface area contributed by atoms with Gasteiger partial charge in [0.05, 0.1) is 5.69 Å². The first-order valence-corrected chi connectivity index (χ1v) is 6.58. The van der Waals surface area contributed by atoms with Crippen LogP contribution < -0.4 is 5.32 Å². The van der Waals surface area contributed by atoms with E-state index in [1.54, 1.807) is 6.20 Å². The van der Waals surface area contributed by atoms with Crippen LogP contribution in [0.25, 0.3) is 11.3 Å². The van der Waals surface area contributed by atoms with Gasteiger partial charge in [-0.1, -0.05) is 32.9 Å². The molecule has 0 bridgehead atoms. The normalized spacial score (nSPS) is 11.2. The molecule has 1 N–H and O–H groups in total. The molecule has 1 aromatic carbocycles. The molecule has 0 aliphatic heterocycles. The summed E-state index contributed by atoms with van der Waals surface area (Å²) in [6, 6.07) is 9.53. The van der Waals surface area contributed by atoms with Crippen molar-refractivity contribution >= 4 is 11.6 Å². The zero-order valence-electron chi connectivity index (χ0n) is 12.3. The summed E-state index contributed by atoms with van der Waals surface area (Å²) < 4.78 is 0. The number of aromatic nitrogens is 2. The van der Waals surface area contributed by atoms with Crippen LogP contribution in [0.1, 0.15) is 26.6 Å². The Hall–Kier alpha value is -2.23. The van der Waals surface area contributed by atoms with Crippen LogP contribution >= 0.6 is 0 Å². The summed E-state index contributed by atoms with van der Waals surface area (Å²) in [5.41, 5.74) is 2.17. The lowest BCUT2D eigenvalue weighted by Gasteiger charge is -2.18. The molecule has 1 heterocycles. The molecular formula is C16H19N3O. The van der Waals surface area contributed by atoms with Crippen molar-refractivity contribution in [3.8, 4) is 11.3 Å². The number of nitrogens with zero attached hydrogens (tertiary/aromatic N) is 2. The van der Waals surface area contributed by atoms with Crippen LogP contribution in [-0.4, -0.2) is 15.9 Å². The Kier molecular flexibility index (Phi) is 3.84. The van der Waals surface area contributed by atoms with Gasteiger partial charge in [0.25, 0.3) is 0 Å². The Morgan fingerprint density at radius 1 is 1.20 bits per heavy atom. The van der Waals surface area contributed by atoms with E-state index in [9.17, 15) is 4.79 Å². The second kappa shape index (κ2) is 5.41. The Morgan fingerprint density at radius 3 is 2.60 bits per heavy atom. The molecule has 0 saturated carbocycles. The van der Waals surface area contributed by atoms with Gasteiger partial charge < -0.3 is 5.32 Å². The summed E-state index contributed by atoms with van der Waals surface area (Å²) in [6.45, 7) is 7.52. The van der Waals surface area contributed by atoms with Crippen molar-refractivity contribution in [2.45, 2.75) is 27.7 Å². The van der Waals surface area contributed by atoms with Crippen LogP contribution in [0.4, 0.5) is 5.69 Å². The number of carbonyl (C=O) groups is 1. The van der Waals surface area contributed by atoms with Crippen LogP contribution in [0.2, 0.25) is 0 Å². The van der Waals surface area contributed by atoms with Crippen LogP contribution in [0, 0.1) is 12.3 Å². The van der Waals surface area contributed by atoms with E-state index in [0.717, 1.165) is 22.8 Å². The number of aryl methyl sites for hydroxylation is 1. The van der Waals surface area contributed by atoms with E-state index in [0.29, 0.717) is 0 Å². The fourth-order valence-electron chi connectivity index (χ4n) is 1.69. The average Bonchev–Trinajstić information content (AvgIpc) is 2.38. The largest absolute Gasteiger partial charge is 0.326 e. The maximum atomic E-state index is 12.0. The third-order valence-electron chi connectivity index (χ3n) is 2.87. The minimum absolute atomic E-state index is 0.00600. The molecule has 4 heteroatoms. The van der Waals surface area contributed by atoms with Gasteiger partial charge in [-0.25, -0.2) is 9.97 Å². The molecular weight excluding hydrogens is 250 g/mol. The number of anilines is 1. The van der Waals surface area contributed by atoms with E-state index in [1.165, 1.54) is 0 Å². The maximum Gasteiger partial charge on any atom is 0.229 e. The van der Waals surface area contributed by atoms with Gasteiger partial charge in [-0.05, 0) is 25.1 Å². The quantitative estimate of drug-likeness (QED) is 0.908. The van der Waals surface area contributed by atoms with Crippen LogP contribution in [0.5, 0.6) is 0 Å². The molecule has 20 heavy (non-hydrogen) atoms. The Bertz CT molecular complexity index is 630. The molecule has 2 rings (SSSR count). The predicted octanol–water partition coefficient (Wildman–Crippen LogP) is 3.44. The van der Waals surface area contributed by atoms with Gasteiger partial charge in [0, 0.05) is 22.9 Å². The molecule has 0 spiro atoms. The van der Waals surface area contributed by atoms with Crippen molar-refractivity contribution in [3.63, 3.8) is 0 Å². The number of carbonyl (C=O) groups excluding carboxylic acids is 1. The summed E-state index contributed by atoms with van der Waals surface area (Å²) in [5.74, 6) is 0.722. The number of rotatable bonds is 2. The number of benzene rings is 1. The molecule has 104 valence electrons. The molecule has 0 atom stereocenters. The van der Waals surface area contributed by atoms with Crippen molar-refractivity contribution in [1.82, 2.24) is 9.97 Å². The number of hydrogen-bond donors (Lipinski definition) is 1. The standard InChI is InChI=1S/C16H19N3O/c1-11-17-9-8-14(18-11)12-6-5-7-13(10-12)19-15(20)16(2,3)4/h5-10H,1-4H3,(H,19,20). The van der Waals surface area contributed by atoms with Gasteiger partial charge in [0.1, 0.15) is 5.82 Å². The molecule has 0 fully saturated rings. The van der Waals surface area contributed by atoms with E-state index in [2.05, 4.69) is 15.3 Å². The first-order chi connectivity index (χ1) is 9.36. The highest BCUT2D eigenvalue weighted by molar-refractivity contribution is 5.95. The predicted molar refractivity (Wildman–Crippen MR) is 80.3 cm³/mol. The van der Waals surface area contributed by atoms with Gasteiger partial charge in [-0.2, -0.15) is 0 Å². The minimum Gasteiger partial charge on any atom is -0.326 e. The average molecular weight is 269 g/mol. The molecule has 4 nitrogen and oxygen atoms in total. The lowest BCUT2D eigenvalue weighted by molar-refractivity contribution is -0.123. The van der Waals surface area contributed by atoms with Crippen molar-refractivity contribution in [2.75, 3.05) is 5.32 Å². The Labute approximate surface area is 119 Å². The van der Waals surface area contributed by atoms with Crippen molar-refractivity contribution in [2.24, 2.45) is 5.41 Å². The molecule has 1 amide bonds. The summed E-state index contributed by atoms with van der Waals surface area (Å²) in [6.07, 6.45) is 1.73. The van der Waals surface area contributed by atoms with E-state index in [-0.39, 0.29) is 5.91 Å². The Morgan fingerprint density at radius 2 is 1.95 bits per heavy atom. The molecule has 0 saturated heterocycles. The smallest absolute Gasteiger partial charge is 0.229 e. The highest BCUT2D eigenvalue weighted by Gasteiger charge is 2.21. The second-order valence-electron chi connectivity index (χ2n) is 5.77. The topological polar surface area (TPSA) is 54.9 Å². The molecule has 0 aliphatic carbocycles. The van der Waals surface area contributed by atoms with Gasteiger partial charge in [0.15, 0.2) is 0 Å². The van der Waals surface area contributed by atoms with Gasteiger partial charge in [-0.3, -0.25) is 4.79 Å². The van der Waals surface area contributed by atoms with E-state index >= 15 is 0 Å². The lowest BCUT2D eigenvalue weighted by atomic mass is 9.95. The van der Waals surface area contributed by atoms with Crippen molar-refractivity contribution in [3.05, 3.63) is 42.4 Å². The SMILES string of the molecule is Cc1nccc(-c2cccc(NC(=O)C(C)(C)C)c2)n1. The first-order valence-electron chi connectivity index (χ1n) is 6.58. The maximum absolute atomic E-state index is 12.0. The van der Waals surface area contributed by atoms with E-state index in [4.69, 9.17) is 0 Å². The minimum atomic E-state index is -0.415. The highest BCUT2D eigenvalue weighted by atomic mass is 16.2. The molecule has 0 radical (unpaired) electrons. The fraction of sp³-hybridized carbons (Fsp3) is 0.312. The van der Waals surface area contributed by atoms with Gasteiger partial charge >= 0.3 is 0 Å². The molecule has 0 aliphatic rings. The monoisotopic (exact) mass is 269 g/mol. The lowest BCUT2D eigenvalue weighted by Crippen LogP contribution is -2.27. The number of nitrogens with one attached hydrogen (secondary N) is 1. The van der Waals surface area contributed by atoms with Crippen molar-refractivity contribution < 1.29 is 4.79 Å². The number of amides is 1. The first kappa shape index (κ1) is 14.2. The zero-order chi connectivity index (χ0) is 14.8. The summed E-state index contributed by atoms with van der Waals surface area (Å²) in [4.78, 5) is 20.5. The molecule has 1 aromatic heterocycles. The van der Waals surface area contributed by atoms with Gasteiger partial charge in [0.2, 0.25) is 5.91 Å². The third kappa shape index (κ3) is 3.41. The fourth-order valence-corrected chi connectivity index (χ4v) is 1.69. The van der Waals surface area contributed by atoms with Crippen molar-refractivity contribution in [1.29, 1.82) is 0 Å². The second-order valence-corrected chi connectivity index (χ2v) is 5.77. The molecule has 0 unspecified atom stereocenters. The highest BCUT2D eigenvalue weighted by Crippen LogP contribution is 2.22. The van der Waals surface area contributed by atoms with E-state index < -0.39 is 5.41 Å². The van der Waals surface area contributed by atoms with Gasteiger partial charge in [-0.15, -0.1) is 0 Å². The summed E-state index contributed by atoms with van der Waals surface area (Å²) in [7, 11) is 0. The Balaban J connectivity index is 2.27.